The van der Waals surface area contributed by atoms with Gasteiger partial charge in [-0.3, -0.25) is 4.79 Å². The van der Waals surface area contributed by atoms with Gasteiger partial charge in [0.1, 0.15) is 5.75 Å². The molecule has 1 amide bonds. The fourth-order valence-corrected chi connectivity index (χ4v) is 4.14. The number of nitrogens with two attached hydrogens (primary N) is 1. The number of hydrogen-bond acceptors (Lipinski definition) is 5. The molecule has 1 unspecified atom stereocenters. The van der Waals surface area contributed by atoms with Crippen molar-refractivity contribution in [1.82, 2.24) is 5.32 Å². The van der Waals surface area contributed by atoms with Crippen molar-refractivity contribution in [2.24, 2.45) is 5.73 Å². The third kappa shape index (κ3) is 11.2. The quantitative estimate of drug-likeness (QED) is 0.170. The van der Waals surface area contributed by atoms with Gasteiger partial charge in [0.25, 0.3) is 0 Å². The number of methoxy groups -OCH3 is 1. The number of rotatable bonds is 13. The Morgan fingerprint density at radius 3 is 2.14 bits per heavy atom. The van der Waals surface area contributed by atoms with E-state index in [0.29, 0.717) is 17.0 Å². The number of hydrogen-bond donors (Lipinski definition) is 2. The average molecular weight is 568 g/mol. The zero-order chi connectivity index (χ0) is 26.9. The van der Waals surface area contributed by atoms with E-state index in [9.17, 15) is 22.4 Å². The molecule has 0 aromatic heterocycles. The van der Waals surface area contributed by atoms with Crippen LogP contribution in [-0.2, 0) is 11.2 Å². The molecule has 5 nitrogen and oxygen atoms in total. The van der Waals surface area contributed by atoms with Gasteiger partial charge in [-0.25, -0.2) is 0 Å². The highest BCUT2D eigenvalue weighted by Gasteiger charge is 2.35. The second-order valence-electron chi connectivity index (χ2n) is 7.90. The number of ether oxygens (including phenoxy) is 1. The van der Waals surface area contributed by atoms with Crippen molar-refractivity contribution in [3.05, 3.63) is 65.1 Å². The molecular formula is C24H27Cl2F4N3O2S. The summed E-state index contributed by atoms with van der Waals surface area (Å²) in [6.07, 6.45) is 0.537. The van der Waals surface area contributed by atoms with Gasteiger partial charge in [-0.2, -0.15) is 17.6 Å². The fraction of sp³-hybridized carbons (Fsp3) is 0.375. The molecule has 0 aliphatic rings. The molecule has 0 bridgehead atoms. The third-order valence-electron chi connectivity index (χ3n) is 4.87. The number of aryl methyl sites for hydroxylation is 1. The molecule has 0 aliphatic heterocycles. The Bertz CT molecular complexity index is 998. The lowest BCUT2D eigenvalue weighted by atomic mass is 10.1. The lowest BCUT2D eigenvalue weighted by Gasteiger charge is -2.28. The Morgan fingerprint density at radius 1 is 1.08 bits per heavy atom. The zero-order valence-corrected chi connectivity index (χ0v) is 21.9. The smallest absolute Gasteiger partial charge is 0.338 e. The third-order valence-corrected chi connectivity index (χ3v) is 6.02. The lowest BCUT2D eigenvalue weighted by molar-refractivity contribution is -0.121. The van der Waals surface area contributed by atoms with Crippen LogP contribution in [0.25, 0.3) is 5.70 Å². The molecule has 0 fully saturated rings. The SMILES string of the molecule is COc1ccc(/C(N)=C/SC(C)NC(=O)CCc2ccc(N(CC(F)(F)Cl)CC(F)(F)Cl)cc2)cc1. The summed E-state index contributed by atoms with van der Waals surface area (Å²) in [5.74, 6) is 0.529. The van der Waals surface area contributed by atoms with Crippen LogP contribution in [0, 0.1) is 0 Å². The molecule has 2 aromatic rings. The van der Waals surface area contributed by atoms with Gasteiger partial charge in [0.15, 0.2) is 0 Å². The maximum Gasteiger partial charge on any atom is 0.338 e. The van der Waals surface area contributed by atoms with Crippen LogP contribution >= 0.6 is 35.0 Å². The number of benzene rings is 2. The zero-order valence-electron chi connectivity index (χ0n) is 19.6. The van der Waals surface area contributed by atoms with E-state index in [4.69, 9.17) is 33.7 Å². The number of thioether (sulfide) groups is 1. The van der Waals surface area contributed by atoms with E-state index in [2.05, 4.69) is 5.32 Å². The number of carbonyl (C=O) groups excluding carboxylic acids is 1. The van der Waals surface area contributed by atoms with Crippen LogP contribution in [0.2, 0.25) is 0 Å². The number of carbonyl (C=O) groups is 1. The first-order chi connectivity index (χ1) is 16.8. The number of anilines is 1. The second kappa shape index (κ2) is 13.3. The summed E-state index contributed by atoms with van der Waals surface area (Å²) >= 11 is 11.2. The van der Waals surface area contributed by atoms with Crippen LogP contribution in [0.1, 0.15) is 24.5 Å². The van der Waals surface area contributed by atoms with Crippen molar-refractivity contribution in [2.75, 3.05) is 25.1 Å². The molecule has 36 heavy (non-hydrogen) atoms. The van der Waals surface area contributed by atoms with Crippen molar-refractivity contribution in [2.45, 2.75) is 35.9 Å². The van der Waals surface area contributed by atoms with Crippen molar-refractivity contribution < 1.29 is 27.1 Å². The monoisotopic (exact) mass is 567 g/mol. The Labute approximate surface area is 221 Å². The van der Waals surface area contributed by atoms with Crippen molar-refractivity contribution >= 4 is 52.3 Å². The highest BCUT2D eigenvalue weighted by molar-refractivity contribution is 8.02. The summed E-state index contributed by atoms with van der Waals surface area (Å²) in [6, 6.07) is 13.2. The molecule has 2 aromatic carbocycles. The van der Waals surface area contributed by atoms with Crippen LogP contribution in [-0.4, -0.2) is 42.2 Å². The van der Waals surface area contributed by atoms with Crippen LogP contribution in [0.15, 0.2) is 53.9 Å². The Balaban J connectivity index is 1.87. The van der Waals surface area contributed by atoms with Crippen LogP contribution in [0.4, 0.5) is 23.2 Å². The van der Waals surface area contributed by atoms with E-state index in [1.54, 1.807) is 36.8 Å². The van der Waals surface area contributed by atoms with Gasteiger partial charge in [-0.1, -0.05) is 12.1 Å². The predicted octanol–water partition coefficient (Wildman–Crippen LogP) is 6.25. The summed E-state index contributed by atoms with van der Waals surface area (Å²) in [4.78, 5) is 13.0. The molecule has 3 N–H and O–H groups in total. The maximum atomic E-state index is 13.2. The number of nitrogens with zero attached hydrogens (tertiary/aromatic N) is 1. The van der Waals surface area contributed by atoms with Crippen molar-refractivity contribution in [3.63, 3.8) is 0 Å². The first-order valence-electron chi connectivity index (χ1n) is 10.8. The van der Waals surface area contributed by atoms with E-state index in [-0.39, 0.29) is 23.4 Å². The van der Waals surface area contributed by atoms with E-state index in [1.807, 2.05) is 19.1 Å². The fourth-order valence-electron chi connectivity index (χ4n) is 3.16. The summed E-state index contributed by atoms with van der Waals surface area (Å²) in [7, 11) is 1.58. The lowest BCUT2D eigenvalue weighted by Crippen LogP contribution is -2.39. The Morgan fingerprint density at radius 2 is 1.64 bits per heavy atom. The summed E-state index contributed by atoms with van der Waals surface area (Å²) in [5.41, 5.74) is 8.30. The van der Waals surface area contributed by atoms with E-state index in [1.165, 1.54) is 23.9 Å². The van der Waals surface area contributed by atoms with Crippen LogP contribution in [0.5, 0.6) is 5.75 Å². The molecule has 0 radical (unpaired) electrons. The Kier molecular flexibility index (Phi) is 11.1. The number of nitrogens with one attached hydrogen (secondary N) is 1. The minimum Gasteiger partial charge on any atom is -0.497 e. The topological polar surface area (TPSA) is 67.6 Å². The highest BCUT2D eigenvalue weighted by atomic mass is 35.5. The second-order valence-corrected chi connectivity index (χ2v) is 10.2. The first-order valence-corrected chi connectivity index (χ1v) is 12.5. The molecule has 0 saturated heterocycles. The van der Waals surface area contributed by atoms with Gasteiger partial charge in [0.2, 0.25) is 5.91 Å². The first kappa shape index (κ1) is 29.9. The average Bonchev–Trinajstić information content (AvgIpc) is 2.79. The molecule has 2 rings (SSSR count). The molecule has 1 atom stereocenters. The molecule has 0 saturated carbocycles. The highest BCUT2D eigenvalue weighted by Crippen LogP contribution is 2.29. The van der Waals surface area contributed by atoms with Gasteiger partial charge in [-0.05, 0) is 89.5 Å². The number of alkyl halides is 6. The molecule has 0 aliphatic carbocycles. The minimum atomic E-state index is -3.71. The minimum absolute atomic E-state index is 0.107. The predicted molar refractivity (Wildman–Crippen MR) is 139 cm³/mol. The largest absolute Gasteiger partial charge is 0.497 e. The van der Waals surface area contributed by atoms with Gasteiger partial charge in [0.05, 0.1) is 25.6 Å². The van der Waals surface area contributed by atoms with E-state index >= 15 is 0 Å². The van der Waals surface area contributed by atoms with E-state index < -0.39 is 23.9 Å². The molecular weight excluding hydrogens is 541 g/mol. The van der Waals surface area contributed by atoms with Crippen LogP contribution < -0.4 is 20.7 Å². The van der Waals surface area contributed by atoms with Crippen molar-refractivity contribution in [1.29, 1.82) is 0 Å². The standard InChI is InChI=1S/C24H27Cl2F4N3O2S/c1-16(36-13-21(31)18-6-10-20(35-2)11-7-18)32-22(34)12-5-17-3-8-19(9-4-17)33(14-23(25,27)28)15-24(26,29)30/h3-4,6-11,13,16H,5,12,14-15,31H2,1-2H3,(H,32,34)/b21-13-. The molecule has 0 spiro atoms. The molecule has 0 heterocycles. The van der Waals surface area contributed by atoms with Gasteiger partial charge in [0, 0.05) is 17.8 Å². The van der Waals surface area contributed by atoms with Gasteiger partial charge in [-0.15, -0.1) is 11.8 Å². The maximum absolute atomic E-state index is 13.2. The van der Waals surface area contributed by atoms with Gasteiger partial charge >= 0.3 is 10.8 Å². The number of halogens is 6. The Hall–Kier alpha value is -2.30. The van der Waals surface area contributed by atoms with E-state index in [0.717, 1.165) is 16.9 Å². The van der Waals surface area contributed by atoms with Crippen molar-refractivity contribution in [3.8, 4) is 5.75 Å². The number of amides is 1. The van der Waals surface area contributed by atoms with Crippen LogP contribution in [0.3, 0.4) is 0 Å². The molecule has 12 heteroatoms. The normalized spacial score (nSPS) is 13.3. The summed E-state index contributed by atoms with van der Waals surface area (Å²) < 4.78 is 58.0. The summed E-state index contributed by atoms with van der Waals surface area (Å²) in [6.45, 7) is -0.444. The molecule has 198 valence electrons. The van der Waals surface area contributed by atoms with Gasteiger partial charge < -0.3 is 20.7 Å². The summed E-state index contributed by atoms with van der Waals surface area (Å²) in [5, 5.41) is -3.04.